The number of halogens is 2. The SMILES string of the molecule is CC(=O)c1cc(Cl)ccc1Cl.CC(=O)c1ccc(C(C)=O)cc1.CC(=O)c1cccc(C(C)=O)c1.Cc1cc(C)c(C=O)c(C)c1. The van der Waals surface area contributed by atoms with Gasteiger partial charge in [-0.15, -0.1) is 0 Å². The Morgan fingerprint density at radius 2 is 0.935 bits per heavy atom. The number of hydrogen-bond acceptors (Lipinski definition) is 6. The zero-order valence-corrected chi connectivity index (χ0v) is 28.8. The Morgan fingerprint density at radius 3 is 1.26 bits per heavy atom. The number of carbonyl (C=O) groups excluding carboxylic acids is 6. The highest BCUT2D eigenvalue weighted by molar-refractivity contribution is 6.35. The van der Waals surface area contributed by atoms with Crippen LogP contribution < -0.4 is 0 Å². The zero-order valence-electron chi connectivity index (χ0n) is 27.3. The fraction of sp³-hybridized carbons (Fsp3) is 0.211. The maximum absolute atomic E-state index is 10.9. The third kappa shape index (κ3) is 13.2. The summed E-state index contributed by atoms with van der Waals surface area (Å²) in [5, 5.41) is 0.974. The van der Waals surface area contributed by atoms with Crippen molar-refractivity contribution >= 4 is 58.4 Å². The van der Waals surface area contributed by atoms with Crippen LogP contribution in [-0.4, -0.2) is 35.2 Å². The summed E-state index contributed by atoms with van der Waals surface area (Å²) < 4.78 is 0. The summed E-state index contributed by atoms with van der Waals surface area (Å²) in [5.74, 6) is -0.0658. The van der Waals surface area contributed by atoms with Crippen LogP contribution in [0.4, 0.5) is 0 Å². The Bertz CT molecular complexity index is 1650. The summed E-state index contributed by atoms with van der Waals surface area (Å²) in [4.78, 5) is 64.9. The topological polar surface area (TPSA) is 102 Å². The molecule has 0 aliphatic rings. The predicted molar refractivity (Wildman–Crippen MR) is 185 cm³/mol. The maximum Gasteiger partial charge on any atom is 0.161 e. The molecule has 0 unspecified atom stereocenters. The van der Waals surface area contributed by atoms with Crippen molar-refractivity contribution in [1.29, 1.82) is 0 Å². The average Bonchev–Trinajstić information content (AvgIpc) is 2.99. The molecule has 0 N–H and O–H groups in total. The number of Topliss-reactive ketones (excluding diaryl/α,β-unsaturated/α-hetero) is 5. The molecule has 0 fully saturated rings. The number of carbonyl (C=O) groups is 6. The summed E-state index contributed by atoms with van der Waals surface area (Å²) >= 11 is 11.4. The van der Waals surface area contributed by atoms with Crippen molar-refractivity contribution in [3.05, 3.63) is 139 Å². The van der Waals surface area contributed by atoms with E-state index in [1.165, 1.54) is 40.2 Å². The summed E-state index contributed by atoms with van der Waals surface area (Å²) in [6.07, 6.45) is 0.921. The maximum atomic E-state index is 10.9. The number of aldehydes is 1. The Hall–Kier alpha value is -4.52. The molecule has 0 bridgehead atoms. The standard InChI is InChI=1S/2C10H10O2.C10H12O.C8H6Cl2O/c1-7(11)9-3-5-10(6-4-9)8(2)12;1-7(11)9-4-3-5-10(6-9)8(2)12;1-7-4-8(2)10(6-11)9(3)5-7;1-5(11)7-4-6(9)2-3-8(7)10/h2*3-6H,1-2H3;4-6H,1-3H3;2-4H,1H3. The van der Waals surface area contributed by atoms with Crippen LogP contribution in [0.2, 0.25) is 10.0 Å². The molecule has 0 atom stereocenters. The molecule has 0 aliphatic carbocycles. The Balaban J connectivity index is 0.000000307. The van der Waals surface area contributed by atoms with E-state index < -0.39 is 0 Å². The lowest BCUT2D eigenvalue weighted by Crippen LogP contribution is -1.96. The lowest BCUT2D eigenvalue weighted by Gasteiger charge is -2.03. The van der Waals surface area contributed by atoms with Gasteiger partial charge in [0.1, 0.15) is 0 Å². The van der Waals surface area contributed by atoms with E-state index in [4.69, 9.17) is 23.2 Å². The minimum atomic E-state index is -0.0718. The molecule has 0 aliphatic heterocycles. The molecular formula is C38H38Cl2O6. The van der Waals surface area contributed by atoms with Gasteiger partial charge in [0.2, 0.25) is 0 Å². The first-order chi connectivity index (χ1) is 21.5. The highest BCUT2D eigenvalue weighted by Gasteiger charge is 2.05. The second kappa shape index (κ2) is 19.1. The molecule has 0 spiro atoms. The minimum absolute atomic E-state index is 0.0156. The smallest absolute Gasteiger partial charge is 0.161 e. The van der Waals surface area contributed by atoms with E-state index in [1.54, 1.807) is 66.7 Å². The lowest BCUT2D eigenvalue weighted by atomic mass is 10.0. The van der Waals surface area contributed by atoms with Gasteiger partial charge < -0.3 is 0 Å². The van der Waals surface area contributed by atoms with Crippen LogP contribution in [0.5, 0.6) is 0 Å². The van der Waals surface area contributed by atoms with Crippen molar-refractivity contribution in [2.24, 2.45) is 0 Å². The van der Waals surface area contributed by atoms with Crippen LogP contribution in [0, 0.1) is 20.8 Å². The summed E-state index contributed by atoms with van der Waals surface area (Å²) in [6.45, 7) is 13.4. The Morgan fingerprint density at radius 1 is 0.522 bits per heavy atom. The van der Waals surface area contributed by atoms with Crippen LogP contribution in [0.25, 0.3) is 0 Å². The third-order valence-electron chi connectivity index (χ3n) is 6.54. The van der Waals surface area contributed by atoms with Crippen LogP contribution in [0.1, 0.15) is 113 Å². The molecule has 6 nitrogen and oxygen atoms in total. The van der Waals surface area contributed by atoms with Crippen molar-refractivity contribution < 1.29 is 28.8 Å². The number of benzene rings is 4. The molecule has 4 aromatic carbocycles. The van der Waals surface area contributed by atoms with Gasteiger partial charge in [0.05, 0.1) is 5.02 Å². The molecule has 4 aromatic rings. The lowest BCUT2D eigenvalue weighted by molar-refractivity contribution is 0.100. The number of hydrogen-bond donors (Lipinski definition) is 0. The van der Waals surface area contributed by atoms with Gasteiger partial charge in [-0.3, -0.25) is 28.8 Å². The molecule has 46 heavy (non-hydrogen) atoms. The molecule has 0 aromatic heterocycles. The molecule has 0 saturated carbocycles. The molecule has 8 heteroatoms. The minimum Gasteiger partial charge on any atom is -0.298 e. The molecule has 4 rings (SSSR count). The number of aryl methyl sites for hydroxylation is 3. The largest absolute Gasteiger partial charge is 0.298 e. The predicted octanol–water partition coefficient (Wildman–Crippen LogP) is 9.80. The number of rotatable bonds is 6. The van der Waals surface area contributed by atoms with Gasteiger partial charge >= 0.3 is 0 Å². The summed E-state index contributed by atoms with van der Waals surface area (Å²) in [7, 11) is 0. The summed E-state index contributed by atoms with van der Waals surface area (Å²) in [6, 6.07) is 22.3. The van der Waals surface area contributed by atoms with Gasteiger partial charge in [0, 0.05) is 38.4 Å². The van der Waals surface area contributed by atoms with Crippen LogP contribution in [0.15, 0.2) is 78.9 Å². The van der Waals surface area contributed by atoms with Gasteiger partial charge in [0.15, 0.2) is 35.2 Å². The van der Waals surface area contributed by atoms with Crippen molar-refractivity contribution in [3.8, 4) is 0 Å². The summed E-state index contributed by atoms with van der Waals surface area (Å²) in [5.41, 5.74) is 7.10. The van der Waals surface area contributed by atoms with Gasteiger partial charge in [-0.1, -0.05) is 83.4 Å². The zero-order chi connectivity index (χ0) is 35.1. The van der Waals surface area contributed by atoms with Crippen molar-refractivity contribution in [2.75, 3.05) is 0 Å². The van der Waals surface area contributed by atoms with E-state index in [2.05, 4.69) is 0 Å². The Kier molecular flexibility index (Phi) is 16.4. The second-order valence-corrected chi connectivity index (χ2v) is 11.3. The van der Waals surface area contributed by atoms with Crippen LogP contribution >= 0.6 is 23.2 Å². The second-order valence-electron chi connectivity index (χ2n) is 10.5. The number of ketones is 5. The average molecular weight is 662 g/mol. The van der Waals surface area contributed by atoms with E-state index in [1.807, 2.05) is 32.9 Å². The van der Waals surface area contributed by atoms with E-state index >= 15 is 0 Å². The van der Waals surface area contributed by atoms with Crippen LogP contribution in [0.3, 0.4) is 0 Å². The first kappa shape index (κ1) is 39.5. The van der Waals surface area contributed by atoms with Gasteiger partial charge in [-0.2, -0.15) is 0 Å². The quantitative estimate of drug-likeness (QED) is 0.151. The monoisotopic (exact) mass is 660 g/mol. The van der Waals surface area contributed by atoms with Gasteiger partial charge in [0.25, 0.3) is 0 Å². The molecular weight excluding hydrogens is 623 g/mol. The van der Waals surface area contributed by atoms with Crippen molar-refractivity contribution in [3.63, 3.8) is 0 Å². The molecule has 0 amide bonds. The normalized spacial score (nSPS) is 9.61. The molecule has 0 heterocycles. The fourth-order valence-electron chi connectivity index (χ4n) is 4.04. The van der Waals surface area contributed by atoms with Crippen molar-refractivity contribution in [2.45, 2.75) is 55.4 Å². The van der Waals surface area contributed by atoms with Gasteiger partial charge in [-0.25, -0.2) is 0 Å². The highest BCUT2D eigenvalue weighted by Crippen LogP contribution is 2.20. The molecule has 240 valence electrons. The van der Waals surface area contributed by atoms with E-state index in [0.717, 1.165) is 23.0 Å². The Labute approximate surface area is 280 Å². The molecule has 0 saturated heterocycles. The third-order valence-corrected chi connectivity index (χ3v) is 7.10. The van der Waals surface area contributed by atoms with E-state index in [0.29, 0.717) is 37.9 Å². The first-order valence-electron chi connectivity index (χ1n) is 14.2. The van der Waals surface area contributed by atoms with E-state index in [9.17, 15) is 28.8 Å². The van der Waals surface area contributed by atoms with Gasteiger partial charge in [-0.05, 0) is 90.8 Å². The molecule has 0 radical (unpaired) electrons. The van der Waals surface area contributed by atoms with Crippen LogP contribution in [-0.2, 0) is 0 Å². The van der Waals surface area contributed by atoms with Crippen molar-refractivity contribution in [1.82, 2.24) is 0 Å². The first-order valence-corrected chi connectivity index (χ1v) is 15.0. The van der Waals surface area contributed by atoms with E-state index in [-0.39, 0.29) is 28.9 Å². The highest BCUT2D eigenvalue weighted by atomic mass is 35.5. The fourth-order valence-corrected chi connectivity index (χ4v) is 4.46.